The predicted molar refractivity (Wildman–Crippen MR) is 55.9 cm³/mol. The fourth-order valence-electron chi connectivity index (χ4n) is 1.15. The molecule has 0 N–H and O–H groups in total. The fraction of sp³-hybridized carbons (Fsp3) is 0.182. The highest BCUT2D eigenvalue weighted by atomic mass is 35.5. The normalized spacial score (nSPS) is 11.7. The van der Waals surface area contributed by atoms with E-state index in [1.54, 1.807) is 12.1 Å². The van der Waals surface area contributed by atoms with Crippen molar-refractivity contribution in [3.8, 4) is 6.07 Å². The van der Waals surface area contributed by atoms with Gasteiger partial charge in [0.15, 0.2) is 0 Å². The van der Waals surface area contributed by atoms with Gasteiger partial charge in [0, 0.05) is 5.88 Å². The Morgan fingerprint density at radius 1 is 1.38 bits per heavy atom. The van der Waals surface area contributed by atoms with E-state index in [1.807, 2.05) is 0 Å². The number of rotatable bonds is 2. The zero-order valence-electron chi connectivity index (χ0n) is 8.05. The molecule has 1 nitrogen and oxygen atoms in total. The second-order valence-corrected chi connectivity index (χ2v) is 3.28. The summed E-state index contributed by atoms with van der Waals surface area (Å²) in [6.07, 6.45) is -1.35. The number of halogens is 4. The maximum atomic E-state index is 12.3. The van der Waals surface area contributed by atoms with Crippen molar-refractivity contribution in [1.82, 2.24) is 0 Å². The Bertz CT molecular complexity index is 444. The monoisotopic (exact) mass is 245 g/mol. The molecule has 0 spiro atoms. The van der Waals surface area contributed by atoms with Gasteiger partial charge in [-0.05, 0) is 17.7 Å². The Morgan fingerprint density at radius 3 is 2.56 bits per heavy atom. The van der Waals surface area contributed by atoms with Crippen molar-refractivity contribution in [2.75, 3.05) is 5.88 Å². The SMILES string of the molecule is N#Cc1cc(C(F)(F)F)ccc1C=CCCl. The van der Waals surface area contributed by atoms with Crippen molar-refractivity contribution in [3.05, 3.63) is 41.0 Å². The summed E-state index contributed by atoms with van der Waals surface area (Å²) >= 11 is 5.40. The molecule has 0 fully saturated rings. The summed E-state index contributed by atoms with van der Waals surface area (Å²) in [4.78, 5) is 0. The summed E-state index contributed by atoms with van der Waals surface area (Å²) in [6.45, 7) is 0. The molecule has 0 atom stereocenters. The highest BCUT2D eigenvalue weighted by molar-refractivity contribution is 6.19. The largest absolute Gasteiger partial charge is 0.416 e. The van der Waals surface area contributed by atoms with Gasteiger partial charge in [-0.15, -0.1) is 11.6 Å². The van der Waals surface area contributed by atoms with Crippen LogP contribution in [0.25, 0.3) is 6.08 Å². The quantitative estimate of drug-likeness (QED) is 0.727. The molecule has 0 amide bonds. The van der Waals surface area contributed by atoms with Crippen LogP contribution >= 0.6 is 11.6 Å². The topological polar surface area (TPSA) is 23.8 Å². The van der Waals surface area contributed by atoms with Crippen LogP contribution in [0.15, 0.2) is 24.3 Å². The summed E-state index contributed by atoms with van der Waals surface area (Å²) in [5.41, 5.74) is -0.417. The molecule has 0 saturated heterocycles. The first-order valence-electron chi connectivity index (χ1n) is 4.33. The first kappa shape index (κ1) is 12.6. The number of hydrogen-bond acceptors (Lipinski definition) is 1. The van der Waals surface area contributed by atoms with Gasteiger partial charge < -0.3 is 0 Å². The fourth-order valence-corrected chi connectivity index (χ4v) is 1.24. The van der Waals surface area contributed by atoms with Crippen LogP contribution in [0.2, 0.25) is 0 Å². The summed E-state index contributed by atoms with van der Waals surface area (Å²) < 4.78 is 37.0. The lowest BCUT2D eigenvalue weighted by Crippen LogP contribution is -2.05. The van der Waals surface area contributed by atoms with Crippen LogP contribution in [0.5, 0.6) is 0 Å². The highest BCUT2D eigenvalue weighted by Crippen LogP contribution is 2.30. The molecule has 1 rings (SSSR count). The minimum atomic E-state index is -4.43. The zero-order valence-corrected chi connectivity index (χ0v) is 8.81. The van der Waals surface area contributed by atoms with Crippen molar-refractivity contribution in [2.24, 2.45) is 0 Å². The molecule has 0 aromatic heterocycles. The van der Waals surface area contributed by atoms with Crippen LogP contribution in [-0.4, -0.2) is 5.88 Å². The standard InChI is InChI=1S/C11H7ClF3N/c12-5-1-2-8-3-4-10(11(13,14)15)6-9(8)7-16/h1-4,6H,5H2. The van der Waals surface area contributed by atoms with Crippen molar-refractivity contribution < 1.29 is 13.2 Å². The Labute approximate surface area is 95.8 Å². The summed E-state index contributed by atoms with van der Waals surface area (Å²) in [5, 5.41) is 8.72. The lowest BCUT2D eigenvalue weighted by molar-refractivity contribution is -0.137. The smallest absolute Gasteiger partial charge is 0.192 e. The third-order valence-corrected chi connectivity index (χ3v) is 2.07. The Morgan fingerprint density at radius 2 is 2.06 bits per heavy atom. The average molecular weight is 246 g/mol. The van der Waals surface area contributed by atoms with Gasteiger partial charge in [-0.25, -0.2) is 0 Å². The van der Waals surface area contributed by atoms with Gasteiger partial charge in [0.05, 0.1) is 17.2 Å². The molecule has 1 aromatic rings. The highest BCUT2D eigenvalue weighted by Gasteiger charge is 2.30. The molecule has 0 aliphatic heterocycles. The molecule has 16 heavy (non-hydrogen) atoms. The van der Waals surface area contributed by atoms with Crippen molar-refractivity contribution in [3.63, 3.8) is 0 Å². The van der Waals surface area contributed by atoms with Crippen molar-refractivity contribution in [1.29, 1.82) is 5.26 Å². The van der Waals surface area contributed by atoms with Crippen LogP contribution in [0.4, 0.5) is 13.2 Å². The zero-order chi connectivity index (χ0) is 12.2. The third-order valence-electron chi connectivity index (χ3n) is 1.89. The maximum absolute atomic E-state index is 12.3. The van der Waals surface area contributed by atoms with Crippen LogP contribution < -0.4 is 0 Å². The van der Waals surface area contributed by atoms with Crippen molar-refractivity contribution >= 4 is 17.7 Å². The second kappa shape index (κ2) is 5.04. The van der Waals surface area contributed by atoms with E-state index in [0.717, 1.165) is 12.1 Å². The van der Waals surface area contributed by atoms with Gasteiger partial charge in [0.2, 0.25) is 0 Å². The van der Waals surface area contributed by atoms with Crippen LogP contribution in [0, 0.1) is 11.3 Å². The first-order valence-corrected chi connectivity index (χ1v) is 4.86. The van der Waals surface area contributed by atoms with E-state index < -0.39 is 11.7 Å². The minimum Gasteiger partial charge on any atom is -0.192 e. The molecule has 1 aromatic carbocycles. The van der Waals surface area contributed by atoms with E-state index in [2.05, 4.69) is 0 Å². The van der Waals surface area contributed by atoms with E-state index >= 15 is 0 Å². The predicted octanol–water partition coefficient (Wildman–Crippen LogP) is 3.83. The molecule has 0 unspecified atom stereocenters. The number of allylic oxidation sites excluding steroid dienone is 1. The van der Waals surface area contributed by atoms with Crippen LogP contribution in [0.1, 0.15) is 16.7 Å². The Kier molecular flexibility index (Phi) is 3.97. The summed E-state index contributed by atoms with van der Waals surface area (Å²) in [6, 6.07) is 4.74. The first-order chi connectivity index (χ1) is 7.49. The molecule has 0 aliphatic rings. The number of benzene rings is 1. The third kappa shape index (κ3) is 3.01. The molecule has 84 valence electrons. The van der Waals surface area contributed by atoms with Gasteiger partial charge >= 0.3 is 6.18 Å². The molecule has 0 heterocycles. The number of alkyl halides is 4. The Balaban J connectivity index is 3.18. The summed E-state index contributed by atoms with van der Waals surface area (Å²) in [5.74, 6) is 0.242. The van der Waals surface area contributed by atoms with E-state index in [0.29, 0.717) is 5.56 Å². The molecular formula is C11H7ClF3N. The minimum absolute atomic E-state index is 0.0174. The van der Waals surface area contributed by atoms with Gasteiger partial charge in [-0.3, -0.25) is 0 Å². The molecule has 0 radical (unpaired) electrons. The van der Waals surface area contributed by atoms with Crippen LogP contribution in [0.3, 0.4) is 0 Å². The lowest BCUT2D eigenvalue weighted by Gasteiger charge is -2.07. The van der Waals surface area contributed by atoms with Crippen LogP contribution in [-0.2, 0) is 6.18 Å². The molecule has 0 aliphatic carbocycles. The van der Waals surface area contributed by atoms with Gasteiger partial charge in [-0.1, -0.05) is 18.2 Å². The number of nitrogens with zero attached hydrogens (tertiary/aromatic N) is 1. The number of nitriles is 1. The maximum Gasteiger partial charge on any atom is 0.416 e. The molecule has 5 heteroatoms. The molecular weight excluding hydrogens is 239 g/mol. The van der Waals surface area contributed by atoms with E-state index in [-0.39, 0.29) is 11.4 Å². The average Bonchev–Trinajstić information content (AvgIpc) is 2.24. The van der Waals surface area contributed by atoms with E-state index in [1.165, 1.54) is 12.1 Å². The lowest BCUT2D eigenvalue weighted by atomic mass is 10.0. The van der Waals surface area contributed by atoms with Gasteiger partial charge in [-0.2, -0.15) is 18.4 Å². The number of hydrogen-bond donors (Lipinski definition) is 0. The Hall–Kier alpha value is -1.47. The summed E-state index contributed by atoms with van der Waals surface area (Å²) in [7, 11) is 0. The van der Waals surface area contributed by atoms with Gasteiger partial charge in [0.25, 0.3) is 0 Å². The van der Waals surface area contributed by atoms with E-state index in [4.69, 9.17) is 16.9 Å². The van der Waals surface area contributed by atoms with E-state index in [9.17, 15) is 13.2 Å². The molecule has 0 bridgehead atoms. The van der Waals surface area contributed by atoms with Gasteiger partial charge in [0.1, 0.15) is 0 Å². The van der Waals surface area contributed by atoms with Crippen molar-refractivity contribution in [2.45, 2.75) is 6.18 Å². The second-order valence-electron chi connectivity index (χ2n) is 2.97. The molecule has 0 saturated carbocycles.